The molecule has 3 heteroatoms. The van der Waals surface area contributed by atoms with E-state index in [1.807, 2.05) is 36.4 Å². The Bertz CT molecular complexity index is 994. The summed E-state index contributed by atoms with van der Waals surface area (Å²) in [5.74, 6) is 0.131. The zero-order valence-corrected chi connectivity index (χ0v) is 19.3. The largest absolute Gasteiger partial charge is 0.507 e. The molecule has 0 heterocycles. The number of benzene rings is 3. The number of phenolic OH excluding ortho intramolecular Hbond substituents is 1. The summed E-state index contributed by atoms with van der Waals surface area (Å²) in [6.07, 6.45) is 12.7. The van der Waals surface area contributed by atoms with Gasteiger partial charge in [0.1, 0.15) is 23.7 Å². The third-order valence-corrected chi connectivity index (χ3v) is 5.69. The van der Waals surface area contributed by atoms with E-state index in [1.54, 1.807) is 18.2 Å². The van der Waals surface area contributed by atoms with Crippen LogP contribution in [0.25, 0.3) is 0 Å². The third-order valence-electron chi connectivity index (χ3n) is 5.69. The van der Waals surface area contributed by atoms with Crippen LogP contribution in [0.2, 0.25) is 0 Å². The van der Waals surface area contributed by atoms with E-state index < -0.39 is 0 Å². The second-order valence-electron chi connectivity index (χ2n) is 8.34. The third kappa shape index (κ3) is 8.61. The van der Waals surface area contributed by atoms with Gasteiger partial charge in [-0.25, -0.2) is 0 Å². The maximum atomic E-state index is 12.7. The van der Waals surface area contributed by atoms with Crippen molar-refractivity contribution in [3.8, 4) is 11.5 Å². The van der Waals surface area contributed by atoms with Gasteiger partial charge in [0.15, 0.2) is 5.78 Å². The number of rotatable bonds is 14. The normalized spacial score (nSPS) is 11.0. The SMILES string of the molecule is O=C(/C=C/CCCCCCCCc1ccccc1)c1c(O)cccc1OCc1ccccc1. The highest BCUT2D eigenvalue weighted by molar-refractivity contribution is 6.08. The minimum atomic E-state index is -0.225. The molecule has 3 nitrogen and oxygen atoms in total. The first-order valence-electron chi connectivity index (χ1n) is 12.0. The quantitative estimate of drug-likeness (QED) is 0.158. The first-order valence-corrected chi connectivity index (χ1v) is 12.0. The van der Waals surface area contributed by atoms with Crippen molar-refractivity contribution in [1.82, 2.24) is 0 Å². The van der Waals surface area contributed by atoms with Crippen molar-refractivity contribution >= 4 is 5.78 Å². The zero-order chi connectivity index (χ0) is 23.1. The molecule has 0 aliphatic carbocycles. The van der Waals surface area contributed by atoms with Crippen LogP contribution in [0.5, 0.6) is 11.5 Å². The van der Waals surface area contributed by atoms with Gasteiger partial charge in [0.2, 0.25) is 0 Å². The Balaban J connectivity index is 1.35. The summed E-state index contributed by atoms with van der Waals surface area (Å²) in [6.45, 7) is 0.347. The van der Waals surface area contributed by atoms with Crippen molar-refractivity contribution in [2.75, 3.05) is 0 Å². The second-order valence-corrected chi connectivity index (χ2v) is 8.34. The van der Waals surface area contributed by atoms with Gasteiger partial charge in [0.05, 0.1) is 0 Å². The Labute approximate surface area is 197 Å². The van der Waals surface area contributed by atoms with Gasteiger partial charge < -0.3 is 9.84 Å². The highest BCUT2D eigenvalue weighted by Gasteiger charge is 2.15. The fraction of sp³-hybridized carbons (Fsp3) is 0.300. The van der Waals surface area contributed by atoms with E-state index in [4.69, 9.17) is 4.74 Å². The number of carbonyl (C=O) groups excluding carboxylic acids is 1. The number of hydrogen-bond donors (Lipinski definition) is 1. The number of carbonyl (C=O) groups is 1. The Morgan fingerprint density at radius 3 is 2.09 bits per heavy atom. The lowest BCUT2D eigenvalue weighted by molar-refractivity contribution is 0.103. The van der Waals surface area contributed by atoms with Crippen LogP contribution in [0, 0.1) is 0 Å². The molecule has 3 aromatic carbocycles. The maximum absolute atomic E-state index is 12.7. The molecule has 172 valence electrons. The second kappa shape index (κ2) is 13.9. The molecule has 0 saturated heterocycles. The van der Waals surface area contributed by atoms with Crippen molar-refractivity contribution < 1.29 is 14.6 Å². The lowest BCUT2D eigenvalue weighted by Gasteiger charge is -2.11. The van der Waals surface area contributed by atoms with Gasteiger partial charge in [-0.3, -0.25) is 4.79 Å². The minimum Gasteiger partial charge on any atom is -0.507 e. The molecule has 0 amide bonds. The molecule has 0 bridgehead atoms. The van der Waals surface area contributed by atoms with Gasteiger partial charge >= 0.3 is 0 Å². The molecular formula is C30H34O3. The number of aryl methyl sites for hydroxylation is 1. The lowest BCUT2D eigenvalue weighted by atomic mass is 10.0. The van der Waals surface area contributed by atoms with E-state index >= 15 is 0 Å². The van der Waals surface area contributed by atoms with Crippen LogP contribution >= 0.6 is 0 Å². The standard InChI is InChI=1S/C30H34O3/c31-27(21-14-6-4-2-1-3-5-9-16-25-17-10-7-11-18-25)30-28(32)22-15-23-29(30)33-24-26-19-12-8-13-20-26/h7-8,10-15,17-23,32H,1-6,9,16,24H2/b21-14+. The molecule has 0 radical (unpaired) electrons. The number of hydrogen-bond acceptors (Lipinski definition) is 3. The Morgan fingerprint density at radius 1 is 0.727 bits per heavy atom. The first-order chi connectivity index (χ1) is 16.2. The van der Waals surface area contributed by atoms with E-state index in [0.717, 1.165) is 24.8 Å². The van der Waals surface area contributed by atoms with Crippen LogP contribution in [0.4, 0.5) is 0 Å². The molecule has 0 atom stereocenters. The Kier molecular flexibility index (Phi) is 10.3. The van der Waals surface area contributed by atoms with Gasteiger partial charge in [-0.2, -0.15) is 0 Å². The van der Waals surface area contributed by atoms with Crippen molar-refractivity contribution in [3.05, 3.63) is 108 Å². The zero-order valence-electron chi connectivity index (χ0n) is 19.3. The van der Waals surface area contributed by atoms with Gasteiger partial charge in [0.25, 0.3) is 0 Å². The van der Waals surface area contributed by atoms with Crippen LogP contribution in [-0.2, 0) is 13.0 Å². The van der Waals surface area contributed by atoms with Crippen molar-refractivity contribution in [1.29, 1.82) is 0 Å². The predicted octanol–water partition coefficient (Wildman–Crippen LogP) is 7.68. The number of ketones is 1. The predicted molar refractivity (Wildman–Crippen MR) is 135 cm³/mol. The van der Waals surface area contributed by atoms with Crippen LogP contribution in [0.3, 0.4) is 0 Å². The summed E-state index contributed by atoms with van der Waals surface area (Å²) in [5, 5.41) is 10.2. The van der Waals surface area contributed by atoms with Crippen molar-refractivity contribution in [2.45, 2.75) is 58.0 Å². The molecule has 0 unspecified atom stereocenters. The molecule has 0 aromatic heterocycles. The fourth-order valence-corrected chi connectivity index (χ4v) is 3.84. The van der Waals surface area contributed by atoms with Crippen LogP contribution in [0.15, 0.2) is 91.0 Å². The van der Waals surface area contributed by atoms with Gasteiger partial charge in [-0.1, -0.05) is 98.5 Å². The summed E-state index contributed by atoms with van der Waals surface area (Å²) < 4.78 is 5.83. The first kappa shape index (κ1) is 24.3. The molecular weight excluding hydrogens is 408 g/mol. The maximum Gasteiger partial charge on any atom is 0.192 e. The number of ether oxygens (including phenoxy) is 1. The van der Waals surface area contributed by atoms with Crippen LogP contribution in [-0.4, -0.2) is 10.9 Å². The molecule has 0 fully saturated rings. The number of phenols is 1. The molecule has 0 saturated carbocycles. The van der Waals surface area contributed by atoms with E-state index in [1.165, 1.54) is 43.7 Å². The summed E-state index contributed by atoms with van der Waals surface area (Å²) in [7, 11) is 0. The average molecular weight is 443 g/mol. The van der Waals surface area contributed by atoms with E-state index in [0.29, 0.717) is 12.4 Å². The minimum absolute atomic E-state index is 0.0503. The van der Waals surface area contributed by atoms with Crippen molar-refractivity contribution in [3.63, 3.8) is 0 Å². The Hall–Kier alpha value is -3.33. The smallest absolute Gasteiger partial charge is 0.192 e. The monoisotopic (exact) mass is 442 g/mol. The van der Waals surface area contributed by atoms with Crippen LogP contribution < -0.4 is 4.74 Å². The molecule has 33 heavy (non-hydrogen) atoms. The molecule has 1 N–H and O–H groups in total. The van der Waals surface area contributed by atoms with Gasteiger partial charge in [-0.15, -0.1) is 0 Å². The van der Waals surface area contributed by atoms with E-state index in [2.05, 4.69) is 30.3 Å². The number of aromatic hydroxyl groups is 1. The van der Waals surface area contributed by atoms with Crippen LogP contribution in [0.1, 0.15) is 66.4 Å². The summed E-state index contributed by atoms with van der Waals surface area (Å²) in [6, 6.07) is 25.4. The summed E-state index contributed by atoms with van der Waals surface area (Å²) in [5.41, 5.74) is 2.66. The van der Waals surface area contributed by atoms with E-state index in [-0.39, 0.29) is 17.1 Å². The highest BCUT2D eigenvalue weighted by atomic mass is 16.5. The van der Waals surface area contributed by atoms with Crippen molar-refractivity contribution in [2.24, 2.45) is 0 Å². The summed E-state index contributed by atoms with van der Waals surface area (Å²) in [4.78, 5) is 12.7. The lowest BCUT2D eigenvalue weighted by Crippen LogP contribution is -2.03. The topological polar surface area (TPSA) is 46.5 Å². The van der Waals surface area contributed by atoms with E-state index in [9.17, 15) is 9.90 Å². The number of unbranched alkanes of at least 4 members (excludes halogenated alkanes) is 6. The number of allylic oxidation sites excluding steroid dienone is 2. The molecule has 3 rings (SSSR count). The molecule has 3 aromatic rings. The highest BCUT2D eigenvalue weighted by Crippen LogP contribution is 2.29. The molecule has 0 aliphatic heterocycles. The van der Waals surface area contributed by atoms with Gasteiger partial charge in [0, 0.05) is 0 Å². The Morgan fingerprint density at radius 2 is 1.36 bits per heavy atom. The summed E-state index contributed by atoms with van der Waals surface area (Å²) >= 11 is 0. The van der Waals surface area contributed by atoms with Gasteiger partial charge in [-0.05, 0) is 55.0 Å². The fourth-order valence-electron chi connectivity index (χ4n) is 3.84. The average Bonchev–Trinajstić information content (AvgIpc) is 2.85. The molecule has 0 spiro atoms. The molecule has 0 aliphatic rings.